The molecule has 0 aliphatic carbocycles. The highest BCUT2D eigenvalue weighted by molar-refractivity contribution is 7.15. The molecule has 0 aliphatic rings. The predicted molar refractivity (Wildman–Crippen MR) is 89.0 cm³/mol. The Kier molecular flexibility index (Phi) is 2.99. The van der Waals surface area contributed by atoms with Gasteiger partial charge < -0.3 is 5.11 Å². The van der Waals surface area contributed by atoms with Crippen LogP contribution in [0.2, 0.25) is 0 Å². The third-order valence-electron chi connectivity index (χ3n) is 3.58. The zero-order valence-electron chi connectivity index (χ0n) is 11.8. The van der Waals surface area contributed by atoms with Crippen LogP contribution in [0.25, 0.3) is 22.1 Å². The first-order chi connectivity index (χ1) is 11.1. The van der Waals surface area contributed by atoms with Crippen LogP contribution in [0.3, 0.4) is 0 Å². The van der Waals surface area contributed by atoms with Crippen molar-refractivity contribution in [2.75, 3.05) is 0 Å². The molecule has 0 amide bonds. The molecule has 23 heavy (non-hydrogen) atoms. The Bertz CT molecular complexity index is 1170. The van der Waals surface area contributed by atoms with Gasteiger partial charge in [-0.1, -0.05) is 35.6 Å². The average Bonchev–Trinajstić information content (AvgIpc) is 3.05. The molecule has 0 bridgehead atoms. The zero-order valence-corrected chi connectivity index (χ0v) is 12.6. The summed E-state index contributed by atoms with van der Waals surface area (Å²) in [6.07, 6.45) is 1.70. The molecule has 0 aliphatic heterocycles. The molecule has 0 fully saturated rings. The van der Waals surface area contributed by atoms with Gasteiger partial charge in [-0.15, -0.1) is 0 Å². The quantitative estimate of drug-likeness (QED) is 0.614. The number of hydrogen-bond acceptors (Lipinski definition) is 4. The number of para-hydroxylation sites is 2. The largest absolute Gasteiger partial charge is 0.478 e. The van der Waals surface area contributed by atoms with E-state index in [2.05, 4.69) is 4.98 Å². The van der Waals surface area contributed by atoms with Crippen molar-refractivity contribution in [1.29, 1.82) is 0 Å². The Morgan fingerprint density at radius 2 is 2.00 bits per heavy atom. The zero-order chi connectivity index (χ0) is 16.0. The van der Waals surface area contributed by atoms with Crippen LogP contribution in [0, 0.1) is 0 Å². The highest BCUT2D eigenvalue weighted by Crippen LogP contribution is 2.15. The van der Waals surface area contributed by atoms with E-state index in [1.807, 2.05) is 24.3 Å². The molecule has 1 N–H and O–H groups in total. The number of carboxylic acid groups (broad SMARTS) is 1. The van der Waals surface area contributed by atoms with Gasteiger partial charge in [-0.2, -0.15) is 0 Å². The van der Waals surface area contributed by atoms with E-state index in [0.717, 1.165) is 11.0 Å². The number of hydrogen-bond donors (Lipinski definition) is 1. The van der Waals surface area contributed by atoms with Crippen LogP contribution in [0.5, 0.6) is 0 Å². The van der Waals surface area contributed by atoms with E-state index in [1.54, 1.807) is 28.7 Å². The fourth-order valence-corrected chi connectivity index (χ4v) is 3.51. The van der Waals surface area contributed by atoms with E-state index < -0.39 is 5.97 Å². The summed E-state index contributed by atoms with van der Waals surface area (Å²) in [4.78, 5) is 28.7. The second kappa shape index (κ2) is 5.03. The highest BCUT2D eigenvalue weighted by Gasteiger charge is 2.10. The number of carbonyl (C=O) groups is 1. The molecule has 0 unspecified atom stereocenters. The SMILES string of the molecule is O=C(O)c1cccc(/C=c2/sc3nc4ccccc4n3c2=O)c1. The van der Waals surface area contributed by atoms with Gasteiger partial charge in [0.05, 0.1) is 21.1 Å². The minimum Gasteiger partial charge on any atom is -0.478 e. The molecule has 4 aromatic rings. The molecule has 6 heteroatoms. The van der Waals surface area contributed by atoms with Crippen molar-refractivity contribution in [2.24, 2.45) is 0 Å². The first-order valence-corrected chi connectivity index (χ1v) is 7.70. The summed E-state index contributed by atoms with van der Waals surface area (Å²) in [6, 6.07) is 14.0. The molecule has 112 valence electrons. The van der Waals surface area contributed by atoms with Gasteiger partial charge in [0.1, 0.15) is 0 Å². The minimum atomic E-state index is -0.991. The van der Waals surface area contributed by atoms with E-state index >= 15 is 0 Å². The topological polar surface area (TPSA) is 71.7 Å². The number of carboxylic acids is 1. The standard InChI is InChI=1S/C17H10N2O3S/c20-15-14(9-10-4-3-5-11(8-10)16(21)22)23-17-18-12-6-1-2-7-13(12)19(15)17/h1-9H,(H,21,22)/b14-9+. The van der Waals surface area contributed by atoms with Gasteiger partial charge in [0.2, 0.25) is 0 Å². The fourth-order valence-electron chi connectivity index (χ4n) is 2.52. The number of rotatable bonds is 2. The Balaban J connectivity index is 1.96. The Labute approximate surface area is 133 Å². The van der Waals surface area contributed by atoms with Gasteiger partial charge in [0.25, 0.3) is 5.56 Å². The summed E-state index contributed by atoms with van der Waals surface area (Å²) >= 11 is 1.30. The van der Waals surface area contributed by atoms with Crippen LogP contribution in [-0.4, -0.2) is 20.5 Å². The molecular formula is C17H10N2O3S. The van der Waals surface area contributed by atoms with Crippen molar-refractivity contribution in [3.63, 3.8) is 0 Å². The molecule has 0 saturated carbocycles. The van der Waals surface area contributed by atoms with Crippen LogP contribution in [0.4, 0.5) is 0 Å². The third-order valence-corrected chi connectivity index (χ3v) is 4.55. The van der Waals surface area contributed by atoms with Gasteiger partial charge in [-0.05, 0) is 35.9 Å². The summed E-state index contributed by atoms with van der Waals surface area (Å²) in [5, 5.41) is 9.04. The second-order valence-electron chi connectivity index (χ2n) is 5.06. The van der Waals surface area contributed by atoms with Crippen LogP contribution in [-0.2, 0) is 0 Å². The number of aromatic carboxylic acids is 1. The van der Waals surface area contributed by atoms with Crippen molar-refractivity contribution in [2.45, 2.75) is 0 Å². The summed E-state index contributed by atoms with van der Waals surface area (Å²) < 4.78 is 2.12. The molecule has 2 aromatic heterocycles. The molecule has 0 spiro atoms. The Morgan fingerprint density at radius 1 is 1.17 bits per heavy atom. The fraction of sp³-hybridized carbons (Fsp3) is 0. The first-order valence-electron chi connectivity index (χ1n) is 6.88. The molecule has 2 aromatic carbocycles. The van der Waals surface area contributed by atoms with E-state index in [1.165, 1.54) is 17.4 Å². The molecule has 0 atom stereocenters. The molecular weight excluding hydrogens is 312 g/mol. The maximum absolute atomic E-state index is 12.6. The van der Waals surface area contributed by atoms with Gasteiger partial charge in [0, 0.05) is 0 Å². The van der Waals surface area contributed by atoms with E-state index in [9.17, 15) is 9.59 Å². The lowest BCUT2D eigenvalue weighted by atomic mass is 10.1. The van der Waals surface area contributed by atoms with Gasteiger partial charge in [0.15, 0.2) is 4.96 Å². The molecule has 0 saturated heterocycles. The monoisotopic (exact) mass is 322 g/mol. The number of fused-ring (bicyclic) bond motifs is 3. The van der Waals surface area contributed by atoms with Gasteiger partial charge >= 0.3 is 5.97 Å². The maximum Gasteiger partial charge on any atom is 0.335 e. The average molecular weight is 322 g/mol. The van der Waals surface area contributed by atoms with Crippen LogP contribution in [0.1, 0.15) is 15.9 Å². The van der Waals surface area contributed by atoms with E-state index in [4.69, 9.17) is 5.11 Å². The van der Waals surface area contributed by atoms with Crippen molar-refractivity contribution >= 4 is 39.4 Å². The van der Waals surface area contributed by atoms with Gasteiger partial charge in [-0.3, -0.25) is 4.79 Å². The maximum atomic E-state index is 12.6. The minimum absolute atomic E-state index is 0.139. The van der Waals surface area contributed by atoms with Crippen molar-refractivity contribution in [1.82, 2.24) is 9.38 Å². The lowest BCUT2D eigenvalue weighted by molar-refractivity contribution is 0.0697. The van der Waals surface area contributed by atoms with Crippen LogP contribution >= 0.6 is 11.3 Å². The van der Waals surface area contributed by atoms with Crippen molar-refractivity contribution in [3.8, 4) is 0 Å². The number of aromatic nitrogens is 2. The lowest BCUT2D eigenvalue weighted by Gasteiger charge is -1.95. The van der Waals surface area contributed by atoms with E-state index in [-0.39, 0.29) is 11.1 Å². The number of imidazole rings is 1. The van der Waals surface area contributed by atoms with Crippen LogP contribution < -0.4 is 10.1 Å². The summed E-state index contributed by atoms with van der Waals surface area (Å²) in [6.45, 7) is 0. The predicted octanol–water partition coefficient (Wildman–Crippen LogP) is 2.16. The lowest BCUT2D eigenvalue weighted by Crippen LogP contribution is -2.22. The van der Waals surface area contributed by atoms with Gasteiger partial charge in [-0.25, -0.2) is 14.2 Å². The first kappa shape index (κ1) is 13.7. The summed E-state index contributed by atoms with van der Waals surface area (Å²) in [7, 11) is 0. The smallest absolute Gasteiger partial charge is 0.335 e. The van der Waals surface area contributed by atoms with Crippen molar-refractivity contribution < 1.29 is 9.90 Å². The third kappa shape index (κ3) is 2.20. The second-order valence-corrected chi connectivity index (χ2v) is 6.07. The van der Waals surface area contributed by atoms with Crippen LogP contribution in [0.15, 0.2) is 53.3 Å². The normalized spacial score (nSPS) is 12.3. The molecule has 5 nitrogen and oxygen atoms in total. The summed E-state index contributed by atoms with van der Waals surface area (Å²) in [5.74, 6) is -0.991. The molecule has 4 rings (SSSR count). The number of benzene rings is 2. The Morgan fingerprint density at radius 3 is 2.83 bits per heavy atom. The van der Waals surface area contributed by atoms with E-state index in [0.29, 0.717) is 15.1 Å². The Hall–Kier alpha value is -2.99. The molecule has 0 radical (unpaired) electrons. The molecule has 2 heterocycles. The van der Waals surface area contributed by atoms with Crippen molar-refractivity contribution in [3.05, 3.63) is 74.5 Å². The number of nitrogens with zero attached hydrogens (tertiary/aromatic N) is 2. The highest BCUT2D eigenvalue weighted by atomic mass is 32.1. The summed E-state index contributed by atoms with van der Waals surface area (Å²) in [5.41, 5.74) is 2.30. The number of thiazole rings is 1.